The summed E-state index contributed by atoms with van der Waals surface area (Å²) in [5.41, 5.74) is 0. The monoisotopic (exact) mass is 504 g/mol. The molecule has 0 aromatic heterocycles. The van der Waals surface area contributed by atoms with Crippen LogP contribution >= 0.6 is 0 Å². The van der Waals surface area contributed by atoms with E-state index in [1.807, 2.05) is 0 Å². The second-order valence-electron chi connectivity index (χ2n) is 1.89. The molecule has 0 aliphatic heterocycles. The molecule has 0 saturated carbocycles. The minimum atomic E-state index is 0. The van der Waals surface area contributed by atoms with Gasteiger partial charge in [0.15, 0.2) is 0 Å². The summed E-state index contributed by atoms with van der Waals surface area (Å²) in [4.78, 5) is 10.8. The maximum Gasteiger partial charge on any atom is 0.107 e. The normalized spacial score (nSPS) is 9.33. The van der Waals surface area contributed by atoms with Crippen LogP contribution in [0.5, 0.6) is 0 Å². The first-order valence-corrected chi connectivity index (χ1v) is 3.21. The van der Waals surface area contributed by atoms with Crippen LogP contribution in [0, 0.1) is 13.8 Å². The van der Waals surface area contributed by atoms with Crippen LogP contribution in [0.1, 0.15) is 12.8 Å². The third kappa shape index (κ3) is 12.9. The van der Waals surface area contributed by atoms with E-state index in [0.717, 1.165) is 0 Å². The second-order valence-corrected chi connectivity index (χ2v) is 1.89. The Balaban J connectivity index is -0.000000405. The molecule has 0 N–H and O–H groups in total. The predicted molar refractivity (Wildman–Crippen MR) is 43.2 cm³/mol. The Labute approximate surface area is 103 Å². The summed E-state index contributed by atoms with van der Waals surface area (Å²) in [6.07, 6.45) is 7.72. The van der Waals surface area contributed by atoms with Gasteiger partial charge >= 0.3 is 0 Å². The van der Waals surface area contributed by atoms with Gasteiger partial charge in [0.05, 0.1) is 0 Å². The summed E-state index contributed by atoms with van der Waals surface area (Å²) in [5, 5.41) is 0. The number of hydrogen-bond acceptors (Lipinski definition) is 1. The van der Waals surface area contributed by atoms with Crippen molar-refractivity contribution in [1.82, 2.24) is 0 Å². The first kappa shape index (κ1) is 18.1. The molecule has 0 fully saturated rings. The Hall–Kier alpha value is 0.267. The Morgan fingerprint density at radius 2 is 1.33 bits per heavy atom. The number of allylic oxidation sites excluding steroid dienone is 4. The van der Waals surface area contributed by atoms with E-state index in [1.54, 1.807) is 24.3 Å². The molecule has 0 heterocycles. The van der Waals surface area contributed by atoms with Crippen LogP contribution < -0.4 is 0 Å². The molecule has 0 amide bonds. The molecule has 0 aliphatic rings. The second kappa shape index (κ2) is 13.8. The fraction of sp³-hybridized carbons (Fsp3) is 0.222. The minimum absolute atomic E-state index is 0. The van der Waals surface area contributed by atoms with Gasteiger partial charge < -0.3 is 4.79 Å². The Bertz CT molecular complexity index is 135. The van der Waals surface area contributed by atoms with Gasteiger partial charge in [-0.25, -0.2) is 38.2 Å². The van der Waals surface area contributed by atoms with Gasteiger partial charge in [0, 0.05) is 42.1 Å². The SMILES string of the molecule is [CH2-]/C=C/CC(=O)C/C=C/[CH2-].[W].[W]. The van der Waals surface area contributed by atoms with Crippen molar-refractivity contribution in [2.24, 2.45) is 0 Å². The van der Waals surface area contributed by atoms with Gasteiger partial charge in [-0.2, -0.15) is 0 Å². The maximum absolute atomic E-state index is 10.8. The van der Waals surface area contributed by atoms with E-state index in [0.29, 0.717) is 12.8 Å². The van der Waals surface area contributed by atoms with Crippen molar-refractivity contribution in [2.75, 3.05) is 0 Å². The minimum Gasteiger partial charge on any atom is -0.302 e. The zero-order chi connectivity index (χ0) is 7.82. The van der Waals surface area contributed by atoms with E-state index in [9.17, 15) is 4.79 Å². The molecule has 3 heteroatoms. The van der Waals surface area contributed by atoms with E-state index in [4.69, 9.17) is 0 Å². The van der Waals surface area contributed by atoms with Crippen LogP contribution in [-0.2, 0) is 46.9 Å². The van der Waals surface area contributed by atoms with Gasteiger partial charge in [-0.1, -0.05) is 0 Å². The largest absolute Gasteiger partial charge is 0.302 e. The summed E-state index contributed by atoms with van der Waals surface area (Å²) in [6, 6.07) is 0. The summed E-state index contributed by atoms with van der Waals surface area (Å²) < 4.78 is 0. The van der Waals surface area contributed by atoms with Gasteiger partial charge in [-0.05, 0) is 12.8 Å². The molecule has 0 aromatic carbocycles. The van der Waals surface area contributed by atoms with Crippen molar-refractivity contribution in [3.8, 4) is 0 Å². The molecule has 0 radical (unpaired) electrons. The number of hydrogen-bond donors (Lipinski definition) is 0. The fourth-order valence-corrected chi connectivity index (χ4v) is 0.513. The van der Waals surface area contributed by atoms with Gasteiger partial charge in [0.25, 0.3) is 0 Å². The molecule has 0 unspecified atom stereocenters. The molecule has 0 rings (SSSR count). The molecule has 12 heavy (non-hydrogen) atoms. The van der Waals surface area contributed by atoms with Gasteiger partial charge in [-0.3, -0.25) is 0 Å². The summed E-state index contributed by atoms with van der Waals surface area (Å²) in [5.74, 6) is 0.194. The van der Waals surface area contributed by atoms with Crippen LogP contribution in [0.4, 0.5) is 0 Å². The number of rotatable bonds is 4. The first-order valence-electron chi connectivity index (χ1n) is 3.21. The summed E-state index contributed by atoms with van der Waals surface area (Å²) >= 11 is 0. The average Bonchev–Trinajstić information content (AvgIpc) is 1.97. The topological polar surface area (TPSA) is 17.1 Å². The Morgan fingerprint density at radius 3 is 1.58 bits per heavy atom. The van der Waals surface area contributed by atoms with E-state index < -0.39 is 0 Å². The van der Waals surface area contributed by atoms with Crippen molar-refractivity contribution in [1.29, 1.82) is 0 Å². The van der Waals surface area contributed by atoms with E-state index in [2.05, 4.69) is 13.8 Å². The van der Waals surface area contributed by atoms with Crippen LogP contribution in [0.2, 0.25) is 0 Å². The molecule has 0 bridgehead atoms. The maximum atomic E-state index is 10.8. The molecule has 0 saturated heterocycles. The third-order valence-electron chi connectivity index (χ3n) is 1.02. The van der Waals surface area contributed by atoms with Crippen molar-refractivity contribution in [2.45, 2.75) is 12.8 Å². The first-order chi connectivity index (χ1) is 4.81. The van der Waals surface area contributed by atoms with E-state index in [1.165, 1.54) is 0 Å². The van der Waals surface area contributed by atoms with Gasteiger partial charge in [0.2, 0.25) is 0 Å². The van der Waals surface area contributed by atoms with Gasteiger partial charge in [-0.15, -0.1) is 0 Å². The summed E-state index contributed by atoms with van der Waals surface area (Å²) in [7, 11) is 0. The molecule has 0 aromatic rings. The summed E-state index contributed by atoms with van der Waals surface area (Å²) in [6.45, 7) is 6.95. The van der Waals surface area contributed by atoms with Crippen LogP contribution in [0.15, 0.2) is 24.3 Å². The quantitative estimate of drug-likeness (QED) is 0.537. The third-order valence-corrected chi connectivity index (χ3v) is 1.02. The molecular formula is C9H12OW2-2. The van der Waals surface area contributed by atoms with Gasteiger partial charge in [0.1, 0.15) is 5.78 Å². The zero-order valence-corrected chi connectivity index (χ0v) is 12.7. The van der Waals surface area contributed by atoms with E-state index >= 15 is 0 Å². The number of carbonyl (C=O) groups is 1. The van der Waals surface area contributed by atoms with Crippen LogP contribution in [0.25, 0.3) is 0 Å². The predicted octanol–water partition coefficient (Wildman–Crippen LogP) is 2.11. The Kier molecular flexibility index (Phi) is 20.9. The molecule has 68 valence electrons. The average molecular weight is 504 g/mol. The molecular weight excluding hydrogens is 492 g/mol. The van der Waals surface area contributed by atoms with Crippen molar-refractivity contribution in [3.63, 3.8) is 0 Å². The number of carbonyl (C=O) groups excluding carboxylic acids is 1. The molecule has 0 aliphatic carbocycles. The number of Topliss-reactive ketones (excluding diaryl/α,β-unsaturated/α-hetero) is 1. The smallest absolute Gasteiger partial charge is 0.107 e. The van der Waals surface area contributed by atoms with Crippen molar-refractivity contribution < 1.29 is 46.9 Å². The molecule has 0 atom stereocenters. The van der Waals surface area contributed by atoms with Crippen LogP contribution in [-0.4, -0.2) is 5.78 Å². The zero-order valence-electron chi connectivity index (χ0n) is 6.86. The molecule has 1 nitrogen and oxygen atoms in total. The molecule has 0 spiro atoms. The standard InChI is InChI=1S/C9H12O.2W/c1-3-5-7-9(10)8-6-4-2;;/h3-6H,1-2,7-8H2;;/q-2;;/b5-3+,6-4+;;. The number of ketones is 1. The van der Waals surface area contributed by atoms with E-state index in [-0.39, 0.29) is 47.9 Å². The van der Waals surface area contributed by atoms with Crippen LogP contribution in [0.3, 0.4) is 0 Å². The van der Waals surface area contributed by atoms with Crippen molar-refractivity contribution in [3.05, 3.63) is 38.2 Å². The Morgan fingerprint density at radius 1 is 1.00 bits per heavy atom. The fourth-order valence-electron chi connectivity index (χ4n) is 0.513. The van der Waals surface area contributed by atoms with Crippen molar-refractivity contribution >= 4 is 5.78 Å².